The van der Waals surface area contributed by atoms with Crippen LogP contribution in [-0.2, 0) is 11.2 Å². The molecule has 0 bridgehead atoms. The minimum absolute atomic E-state index is 0.0679. The first-order valence-electron chi connectivity index (χ1n) is 8.08. The molecule has 0 atom stereocenters. The molecule has 6 nitrogen and oxygen atoms in total. The van der Waals surface area contributed by atoms with Crippen LogP contribution in [0.25, 0.3) is 0 Å². The van der Waals surface area contributed by atoms with Gasteiger partial charge in [0.15, 0.2) is 5.11 Å². The first-order valence-corrected chi connectivity index (χ1v) is 8.49. The third-order valence-electron chi connectivity index (χ3n) is 3.56. The largest absolute Gasteiger partial charge is 0.495 e. The highest BCUT2D eigenvalue weighted by Gasteiger charge is 2.10. The van der Waals surface area contributed by atoms with Gasteiger partial charge in [0.1, 0.15) is 5.75 Å². The lowest BCUT2D eigenvalue weighted by atomic mass is 10.1. The summed E-state index contributed by atoms with van der Waals surface area (Å²) in [5, 5.41) is 8.56. The number of carbonyl (C=O) groups is 2. The van der Waals surface area contributed by atoms with Gasteiger partial charge in [0, 0.05) is 19.0 Å². The molecule has 2 aromatic rings. The molecular formula is C19H21N3O3S. The number of hydrogen-bond acceptors (Lipinski definition) is 4. The standard InChI is InChI=1S/C19H21N3O3S/c1-13(23)20-11-10-14-8-9-17(25-2)16(12-14)21-19(26)22-18(24)15-6-4-3-5-7-15/h3-9,12H,10-11H2,1-2H3,(H,20,23)(H2,21,22,24,26). The van der Waals surface area contributed by atoms with E-state index in [9.17, 15) is 9.59 Å². The van der Waals surface area contributed by atoms with Crippen molar-refractivity contribution in [2.24, 2.45) is 0 Å². The molecule has 2 amide bonds. The second-order valence-electron chi connectivity index (χ2n) is 5.54. The number of benzene rings is 2. The summed E-state index contributed by atoms with van der Waals surface area (Å²) in [6.45, 7) is 2.02. The van der Waals surface area contributed by atoms with E-state index in [1.165, 1.54) is 6.92 Å². The maximum Gasteiger partial charge on any atom is 0.257 e. The van der Waals surface area contributed by atoms with Crippen LogP contribution in [-0.4, -0.2) is 30.6 Å². The van der Waals surface area contributed by atoms with E-state index in [1.807, 2.05) is 24.3 Å². The van der Waals surface area contributed by atoms with Crippen LogP contribution in [0.3, 0.4) is 0 Å². The van der Waals surface area contributed by atoms with Gasteiger partial charge in [-0.2, -0.15) is 0 Å². The van der Waals surface area contributed by atoms with Crippen LogP contribution in [0, 0.1) is 0 Å². The topological polar surface area (TPSA) is 79.5 Å². The van der Waals surface area contributed by atoms with Gasteiger partial charge in [-0.25, -0.2) is 0 Å². The third kappa shape index (κ3) is 5.86. The Bertz CT molecular complexity index is 794. The van der Waals surface area contributed by atoms with Crippen LogP contribution in [0.15, 0.2) is 48.5 Å². The number of methoxy groups -OCH3 is 1. The van der Waals surface area contributed by atoms with Crippen molar-refractivity contribution in [3.05, 3.63) is 59.7 Å². The van der Waals surface area contributed by atoms with Gasteiger partial charge >= 0.3 is 0 Å². The number of ether oxygens (including phenoxy) is 1. The molecule has 2 aromatic carbocycles. The summed E-state index contributed by atoms with van der Waals surface area (Å²) in [6, 6.07) is 14.4. The predicted octanol–water partition coefficient (Wildman–Crippen LogP) is 2.50. The highest BCUT2D eigenvalue weighted by atomic mass is 32.1. The molecule has 0 heterocycles. The number of thiocarbonyl (C=S) groups is 1. The normalized spacial score (nSPS) is 9.92. The second-order valence-corrected chi connectivity index (χ2v) is 5.95. The lowest BCUT2D eigenvalue weighted by molar-refractivity contribution is -0.118. The molecular weight excluding hydrogens is 350 g/mol. The molecule has 2 rings (SSSR count). The lowest BCUT2D eigenvalue weighted by Gasteiger charge is -2.14. The summed E-state index contributed by atoms with van der Waals surface area (Å²) in [7, 11) is 1.56. The van der Waals surface area contributed by atoms with E-state index in [4.69, 9.17) is 17.0 Å². The van der Waals surface area contributed by atoms with Crippen molar-refractivity contribution in [2.45, 2.75) is 13.3 Å². The van der Waals surface area contributed by atoms with Gasteiger partial charge in [-0.05, 0) is 48.5 Å². The van der Waals surface area contributed by atoms with Crippen LogP contribution in [0.1, 0.15) is 22.8 Å². The number of carbonyl (C=O) groups excluding carboxylic acids is 2. The van der Waals surface area contributed by atoms with Gasteiger partial charge in [0.25, 0.3) is 5.91 Å². The maximum atomic E-state index is 12.2. The molecule has 0 radical (unpaired) electrons. The van der Waals surface area contributed by atoms with Crippen LogP contribution >= 0.6 is 12.2 Å². The summed E-state index contributed by atoms with van der Waals surface area (Å²) in [5.41, 5.74) is 2.16. The van der Waals surface area contributed by atoms with Gasteiger partial charge < -0.3 is 15.4 Å². The molecule has 0 spiro atoms. The Morgan fingerprint density at radius 3 is 2.50 bits per heavy atom. The summed E-state index contributed by atoms with van der Waals surface area (Å²) in [6.07, 6.45) is 0.668. The van der Waals surface area contributed by atoms with Gasteiger partial charge in [-0.15, -0.1) is 0 Å². The molecule has 0 aliphatic rings. The molecule has 0 unspecified atom stereocenters. The van der Waals surface area contributed by atoms with E-state index >= 15 is 0 Å². The Balaban J connectivity index is 2.02. The third-order valence-corrected chi connectivity index (χ3v) is 3.77. The summed E-state index contributed by atoms with van der Waals surface area (Å²) >= 11 is 5.23. The summed E-state index contributed by atoms with van der Waals surface area (Å²) < 4.78 is 5.33. The Labute approximate surface area is 157 Å². The van der Waals surface area contributed by atoms with Crippen LogP contribution in [0.5, 0.6) is 5.75 Å². The average molecular weight is 371 g/mol. The quantitative estimate of drug-likeness (QED) is 0.680. The zero-order valence-corrected chi connectivity index (χ0v) is 15.5. The van der Waals surface area contributed by atoms with E-state index in [1.54, 1.807) is 31.4 Å². The molecule has 7 heteroatoms. The summed E-state index contributed by atoms with van der Waals surface area (Å²) in [4.78, 5) is 23.1. The summed E-state index contributed by atoms with van der Waals surface area (Å²) in [5.74, 6) is 0.245. The molecule has 136 valence electrons. The Morgan fingerprint density at radius 1 is 1.12 bits per heavy atom. The van der Waals surface area contributed by atoms with E-state index in [0.717, 1.165) is 5.56 Å². The van der Waals surface area contributed by atoms with Gasteiger partial charge in [-0.1, -0.05) is 24.3 Å². The minimum Gasteiger partial charge on any atom is -0.495 e. The van der Waals surface area contributed by atoms with Crippen molar-refractivity contribution in [3.63, 3.8) is 0 Å². The molecule has 3 N–H and O–H groups in total. The number of amides is 2. The van der Waals surface area contributed by atoms with Gasteiger partial charge in [0.05, 0.1) is 12.8 Å². The molecule has 0 aliphatic carbocycles. The highest BCUT2D eigenvalue weighted by molar-refractivity contribution is 7.80. The Kier molecular flexibility index (Phi) is 7.11. The minimum atomic E-state index is -0.288. The maximum absolute atomic E-state index is 12.2. The Hall–Kier alpha value is -2.93. The van der Waals surface area contributed by atoms with E-state index < -0.39 is 0 Å². The van der Waals surface area contributed by atoms with Gasteiger partial charge in [0.2, 0.25) is 5.91 Å². The van der Waals surface area contributed by atoms with E-state index in [2.05, 4.69) is 16.0 Å². The second kappa shape index (κ2) is 9.53. The molecule has 0 saturated heterocycles. The Morgan fingerprint density at radius 2 is 1.85 bits per heavy atom. The fraction of sp³-hybridized carbons (Fsp3) is 0.211. The first kappa shape index (κ1) is 19.4. The molecule has 0 saturated carbocycles. The molecule has 0 aliphatic heterocycles. The number of anilines is 1. The van der Waals surface area contributed by atoms with Crippen molar-refractivity contribution in [2.75, 3.05) is 19.0 Å². The highest BCUT2D eigenvalue weighted by Crippen LogP contribution is 2.25. The van der Waals surface area contributed by atoms with Gasteiger partial charge in [-0.3, -0.25) is 14.9 Å². The number of nitrogens with one attached hydrogen (secondary N) is 3. The van der Waals surface area contributed by atoms with Crippen molar-refractivity contribution < 1.29 is 14.3 Å². The zero-order chi connectivity index (χ0) is 18.9. The average Bonchev–Trinajstić information content (AvgIpc) is 2.62. The fourth-order valence-corrected chi connectivity index (χ4v) is 2.51. The molecule has 0 fully saturated rings. The van der Waals surface area contributed by atoms with Crippen LogP contribution in [0.4, 0.5) is 5.69 Å². The van der Waals surface area contributed by atoms with Crippen molar-refractivity contribution in [3.8, 4) is 5.75 Å². The number of hydrogen-bond donors (Lipinski definition) is 3. The van der Waals surface area contributed by atoms with Crippen molar-refractivity contribution in [1.82, 2.24) is 10.6 Å². The van der Waals surface area contributed by atoms with Crippen molar-refractivity contribution in [1.29, 1.82) is 0 Å². The van der Waals surface area contributed by atoms with Crippen molar-refractivity contribution >= 4 is 34.8 Å². The molecule has 0 aromatic heterocycles. The zero-order valence-electron chi connectivity index (χ0n) is 14.7. The molecule has 26 heavy (non-hydrogen) atoms. The first-order chi connectivity index (χ1) is 12.5. The van der Waals surface area contributed by atoms with Crippen LogP contribution in [0.2, 0.25) is 0 Å². The fourth-order valence-electron chi connectivity index (χ4n) is 2.31. The predicted molar refractivity (Wildman–Crippen MR) is 106 cm³/mol. The lowest BCUT2D eigenvalue weighted by Crippen LogP contribution is -2.34. The van der Waals surface area contributed by atoms with Crippen LogP contribution < -0.4 is 20.7 Å². The monoisotopic (exact) mass is 371 g/mol. The van der Waals surface area contributed by atoms with E-state index in [0.29, 0.717) is 30.0 Å². The SMILES string of the molecule is COc1ccc(CCNC(C)=O)cc1NC(=S)NC(=O)c1ccccc1. The number of rotatable bonds is 6. The smallest absolute Gasteiger partial charge is 0.257 e. The van der Waals surface area contributed by atoms with E-state index in [-0.39, 0.29) is 16.9 Å².